The molecule has 1 saturated heterocycles. The van der Waals surface area contributed by atoms with Crippen LogP contribution in [0.4, 0.5) is 0 Å². The fourth-order valence-electron chi connectivity index (χ4n) is 3.45. The second-order valence-corrected chi connectivity index (χ2v) is 6.58. The van der Waals surface area contributed by atoms with Crippen molar-refractivity contribution >= 4 is 17.4 Å². The van der Waals surface area contributed by atoms with Crippen molar-refractivity contribution in [3.8, 4) is 5.75 Å². The summed E-state index contributed by atoms with van der Waals surface area (Å²) in [6.07, 6.45) is 6.78. The monoisotopic (exact) mass is 308 g/mol. The molecular weight excluding hydrogens is 288 g/mol. The van der Waals surface area contributed by atoms with E-state index in [1.807, 2.05) is 0 Å². The van der Waals surface area contributed by atoms with Gasteiger partial charge in [-0.25, -0.2) is 0 Å². The highest BCUT2D eigenvalue weighted by Crippen LogP contribution is 2.41. The van der Waals surface area contributed by atoms with Gasteiger partial charge in [-0.2, -0.15) is 0 Å². The Morgan fingerprint density at radius 2 is 2.14 bits per heavy atom. The molecule has 0 radical (unpaired) electrons. The van der Waals surface area contributed by atoms with Crippen LogP contribution in [0.25, 0.3) is 0 Å². The minimum Gasteiger partial charge on any atom is -0.489 e. The third-order valence-corrected chi connectivity index (χ3v) is 4.89. The number of carbonyl (C=O) groups excluding carboxylic acids is 1. The van der Waals surface area contributed by atoms with E-state index in [9.17, 15) is 4.79 Å². The van der Waals surface area contributed by atoms with Gasteiger partial charge in [0.1, 0.15) is 11.9 Å². The Balaban J connectivity index is 1.70. The van der Waals surface area contributed by atoms with Gasteiger partial charge in [-0.15, -0.1) is 0 Å². The maximum atomic E-state index is 11.4. The largest absolute Gasteiger partial charge is 0.489 e. The van der Waals surface area contributed by atoms with E-state index >= 15 is 0 Å². The van der Waals surface area contributed by atoms with Gasteiger partial charge < -0.3 is 9.47 Å². The van der Waals surface area contributed by atoms with Crippen LogP contribution in [0, 0.1) is 0 Å². The molecule has 0 bridgehead atoms. The maximum Gasteiger partial charge on any atom is 0.159 e. The first-order valence-corrected chi connectivity index (χ1v) is 8.07. The van der Waals surface area contributed by atoms with Crippen molar-refractivity contribution in [3.05, 3.63) is 28.8 Å². The lowest BCUT2D eigenvalue weighted by Crippen LogP contribution is -2.41. The van der Waals surface area contributed by atoms with E-state index in [-0.39, 0.29) is 17.5 Å². The van der Waals surface area contributed by atoms with Gasteiger partial charge in [-0.05, 0) is 38.0 Å². The summed E-state index contributed by atoms with van der Waals surface area (Å²) in [6, 6.07) is 5.26. The van der Waals surface area contributed by atoms with Crippen molar-refractivity contribution in [2.45, 2.75) is 57.2 Å². The molecule has 0 N–H and O–H groups in total. The summed E-state index contributed by atoms with van der Waals surface area (Å²) in [4.78, 5) is 11.4. The third kappa shape index (κ3) is 3.24. The summed E-state index contributed by atoms with van der Waals surface area (Å²) in [5, 5.41) is 0.509. The van der Waals surface area contributed by atoms with Gasteiger partial charge in [0.05, 0.1) is 17.2 Å². The first-order valence-electron chi connectivity index (χ1n) is 7.69. The minimum absolute atomic E-state index is 0.0134. The molecule has 1 aromatic carbocycles. The Hall–Kier alpha value is -1.06. The van der Waals surface area contributed by atoms with E-state index in [1.54, 1.807) is 18.2 Å². The number of carbonyl (C=O) groups is 1. The normalized spacial score (nSPS) is 24.2. The molecule has 1 unspecified atom stereocenters. The number of halogens is 1. The highest BCUT2D eigenvalue weighted by atomic mass is 35.5. The second kappa shape index (κ2) is 5.98. The predicted molar refractivity (Wildman–Crippen MR) is 82.3 cm³/mol. The molecule has 1 spiro atoms. The lowest BCUT2D eigenvalue weighted by Gasteiger charge is -2.38. The number of ether oxygens (including phenoxy) is 2. The Morgan fingerprint density at radius 3 is 2.81 bits per heavy atom. The third-order valence-electron chi connectivity index (χ3n) is 4.59. The van der Waals surface area contributed by atoms with Gasteiger partial charge in [0.2, 0.25) is 0 Å². The van der Waals surface area contributed by atoms with Crippen LogP contribution < -0.4 is 4.74 Å². The van der Waals surface area contributed by atoms with Crippen LogP contribution in [-0.2, 0) is 4.74 Å². The smallest absolute Gasteiger partial charge is 0.159 e. The average Bonchev–Trinajstić information content (AvgIpc) is 2.89. The Morgan fingerprint density at radius 1 is 1.38 bits per heavy atom. The molecule has 0 amide bonds. The number of hydrogen-bond acceptors (Lipinski definition) is 3. The van der Waals surface area contributed by atoms with Gasteiger partial charge in [-0.3, -0.25) is 4.79 Å². The van der Waals surface area contributed by atoms with E-state index in [0.29, 0.717) is 16.3 Å². The SMILES string of the molecule is CC(=O)c1ccc(OC2CCOC3(CCCC3)C2)c(Cl)c1. The molecule has 114 valence electrons. The van der Waals surface area contributed by atoms with Crippen LogP contribution in [0.5, 0.6) is 5.75 Å². The molecule has 2 aliphatic rings. The molecule has 2 fully saturated rings. The zero-order valence-corrected chi connectivity index (χ0v) is 13.1. The Kier molecular flexibility index (Phi) is 4.23. The molecular formula is C17H21ClO3. The van der Waals surface area contributed by atoms with Crippen LogP contribution >= 0.6 is 11.6 Å². The first-order chi connectivity index (χ1) is 10.1. The van der Waals surface area contributed by atoms with Crippen LogP contribution in [0.15, 0.2) is 18.2 Å². The molecule has 1 atom stereocenters. The van der Waals surface area contributed by atoms with Crippen LogP contribution in [0.3, 0.4) is 0 Å². The van der Waals surface area contributed by atoms with Crippen molar-refractivity contribution < 1.29 is 14.3 Å². The highest BCUT2D eigenvalue weighted by molar-refractivity contribution is 6.32. The van der Waals surface area contributed by atoms with Crippen molar-refractivity contribution in [2.75, 3.05) is 6.61 Å². The van der Waals surface area contributed by atoms with E-state index in [0.717, 1.165) is 32.3 Å². The summed E-state index contributed by atoms with van der Waals surface area (Å²) in [5.41, 5.74) is 0.654. The number of ketones is 1. The Labute approximate surface area is 130 Å². The minimum atomic E-state index is 0.0134. The summed E-state index contributed by atoms with van der Waals surface area (Å²) >= 11 is 6.24. The quantitative estimate of drug-likeness (QED) is 0.776. The van der Waals surface area contributed by atoms with Crippen LogP contribution in [0.2, 0.25) is 5.02 Å². The topological polar surface area (TPSA) is 35.5 Å². The fraction of sp³-hybridized carbons (Fsp3) is 0.588. The lowest BCUT2D eigenvalue weighted by atomic mass is 9.90. The second-order valence-electron chi connectivity index (χ2n) is 6.17. The fourth-order valence-corrected chi connectivity index (χ4v) is 3.67. The van der Waals surface area contributed by atoms with Gasteiger partial charge >= 0.3 is 0 Å². The molecule has 0 aromatic heterocycles. The van der Waals surface area contributed by atoms with Crippen molar-refractivity contribution in [1.29, 1.82) is 0 Å². The average molecular weight is 309 g/mol. The summed E-state index contributed by atoms with van der Waals surface area (Å²) in [6.45, 7) is 2.29. The first kappa shape index (κ1) is 14.9. The van der Waals surface area contributed by atoms with Crippen molar-refractivity contribution in [2.24, 2.45) is 0 Å². The van der Waals surface area contributed by atoms with E-state index < -0.39 is 0 Å². The molecule has 21 heavy (non-hydrogen) atoms. The van der Waals surface area contributed by atoms with Crippen molar-refractivity contribution in [3.63, 3.8) is 0 Å². The Bertz CT molecular complexity index is 535. The van der Waals surface area contributed by atoms with Crippen molar-refractivity contribution in [1.82, 2.24) is 0 Å². The molecule has 1 saturated carbocycles. The van der Waals surface area contributed by atoms with E-state index in [2.05, 4.69) is 0 Å². The summed E-state index contributed by atoms with van der Waals surface area (Å²) < 4.78 is 12.1. The van der Waals surface area contributed by atoms with Gasteiger partial charge in [0.25, 0.3) is 0 Å². The maximum absolute atomic E-state index is 11.4. The molecule has 1 aliphatic carbocycles. The molecule has 4 heteroatoms. The summed E-state index contributed by atoms with van der Waals surface area (Å²) in [5.74, 6) is 0.682. The van der Waals surface area contributed by atoms with E-state index in [1.165, 1.54) is 19.8 Å². The van der Waals surface area contributed by atoms with Gasteiger partial charge in [-0.1, -0.05) is 24.4 Å². The van der Waals surface area contributed by atoms with E-state index in [4.69, 9.17) is 21.1 Å². The molecule has 1 aromatic rings. The lowest BCUT2D eigenvalue weighted by molar-refractivity contribution is -0.108. The zero-order valence-electron chi connectivity index (χ0n) is 12.4. The van der Waals surface area contributed by atoms with Gasteiger partial charge in [0, 0.05) is 18.4 Å². The number of Topliss-reactive ketones (excluding diaryl/α,β-unsaturated/α-hetero) is 1. The van der Waals surface area contributed by atoms with Gasteiger partial charge in [0.15, 0.2) is 5.78 Å². The predicted octanol–water partition coefficient (Wildman–Crippen LogP) is 4.41. The zero-order chi connectivity index (χ0) is 14.9. The molecule has 3 nitrogen and oxygen atoms in total. The molecule has 1 aliphatic heterocycles. The summed E-state index contributed by atoms with van der Waals surface area (Å²) in [7, 11) is 0. The van der Waals surface area contributed by atoms with Crippen LogP contribution in [-0.4, -0.2) is 24.1 Å². The number of hydrogen-bond donors (Lipinski definition) is 0. The number of benzene rings is 1. The molecule has 1 heterocycles. The molecule has 3 rings (SSSR count). The van der Waals surface area contributed by atoms with Crippen LogP contribution in [0.1, 0.15) is 55.8 Å². The highest BCUT2D eigenvalue weighted by Gasteiger charge is 2.40. The number of rotatable bonds is 3. The standard InChI is InChI=1S/C17H21ClO3/c1-12(19)13-4-5-16(15(18)10-13)21-14-6-9-20-17(11-14)7-2-3-8-17/h4-5,10,14H,2-3,6-9,11H2,1H3.